The van der Waals surface area contributed by atoms with Crippen LogP contribution in [0.2, 0.25) is 0 Å². The lowest BCUT2D eigenvalue weighted by Gasteiger charge is -2.49. The van der Waals surface area contributed by atoms with Crippen molar-refractivity contribution >= 4 is 5.69 Å². The summed E-state index contributed by atoms with van der Waals surface area (Å²) in [4.78, 5) is 2.75. The second-order valence-electron chi connectivity index (χ2n) is 9.69. The summed E-state index contributed by atoms with van der Waals surface area (Å²) in [6.07, 6.45) is 10.6. The summed E-state index contributed by atoms with van der Waals surface area (Å²) in [5, 5.41) is 0. The molecule has 0 N–H and O–H groups in total. The highest BCUT2D eigenvalue weighted by Crippen LogP contribution is 2.33. The Labute approximate surface area is 184 Å². The average Bonchev–Trinajstić information content (AvgIpc) is 3.20. The number of anilines is 1. The van der Waals surface area contributed by atoms with E-state index in [2.05, 4.69) is 73.3 Å². The Kier molecular flexibility index (Phi) is 7.15. The molecule has 2 heteroatoms. The summed E-state index contributed by atoms with van der Waals surface area (Å²) in [5.74, 6) is 0. The number of para-hydroxylation sites is 1. The Hall–Kier alpha value is -1.80. The monoisotopic (exact) mass is 405 g/mol. The van der Waals surface area contributed by atoms with Crippen LogP contribution in [0.4, 0.5) is 5.69 Å². The Morgan fingerprint density at radius 2 is 1.47 bits per heavy atom. The van der Waals surface area contributed by atoms with E-state index in [0.717, 1.165) is 6.04 Å². The molecule has 0 aromatic heterocycles. The number of rotatable bonds is 9. The zero-order valence-electron chi connectivity index (χ0n) is 19.2. The van der Waals surface area contributed by atoms with Crippen LogP contribution < -0.4 is 4.90 Å². The van der Waals surface area contributed by atoms with Gasteiger partial charge in [-0.2, -0.15) is 0 Å². The fraction of sp³-hybridized carbons (Fsp3) is 0.571. The van der Waals surface area contributed by atoms with Gasteiger partial charge >= 0.3 is 0 Å². The Bertz CT molecular complexity index is 748. The lowest BCUT2D eigenvalue weighted by atomic mass is 9.94. The van der Waals surface area contributed by atoms with Gasteiger partial charge in [-0.05, 0) is 68.2 Å². The molecule has 162 valence electrons. The van der Waals surface area contributed by atoms with E-state index in [1.165, 1.54) is 87.7 Å². The second-order valence-corrected chi connectivity index (χ2v) is 9.69. The third-order valence-electron chi connectivity index (χ3n) is 7.76. The van der Waals surface area contributed by atoms with Crippen LogP contribution in [0.1, 0.15) is 63.5 Å². The first-order valence-corrected chi connectivity index (χ1v) is 12.5. The van der Waals surface area contributed by atoms with Crippen LogP contribution in [0.3, 0.4) is 0 Å². The maximum absolute atomic E-state index is 2.75. The quantitative estimate of drug-likeness (QED) is 0.446. The van der Waals surface area contributed by atoms with E-state index in [1.807, 2.05) is 0 Å². The molecular formula is C28H41N2+. The molecule has 30 heavy (non-hydrogen) atoms. The molecule has 0 bridgehead atoms. The van der Waals surface area contributed by atoms with Crippen molar-refractivity contribution in [2.45, 2.75) is 77.3 Å². The number of hydrogen-bond donors (Lipinski definition) is 0. The molecule has 1 aliphatic heterocycles. The van der Waals surface area contributed by atoms with Crippen LogP contribution in [-0.4, -0.2) is 42.7 Å². The topological polar surface area (TPSA) is 3.24 Å². The normalized spacial score (nSPS) is 20.8. The smallest absolute Gasteiger partial charge is 0.0907 e. The molecule has 2 aromatic carbocycles. The number of nitrogens with zero attached hydrogens (tertiary/aromatic N) is 2. The van der Waals surface area contributed by atoms with Crippen LogP contribution in [0, 0.1) is 0 Å². The average molecular weight is 406 g/mol. The highest BCUT2D eigenvalue weighted by Gasteiger charge is 2.38. The molecule has 1 aliphatic carbocycles. The lowest BCUT2D eigenvalue weighted by Crippen LogP contribution is -2.59. The van der Waals surface area contributed by atoms with E-state index in [4.69, 9.17) is 0 Å². The molecule has 0 radical (unpaired) electrons. The van der Waals surface area contributed by atoms with E-state index < -0.39 is 0 Å². The molecule has 2 aromatic rings. The molecule has 0 saturated carbocycles. The minimum Gasteiger partial charge on any atom is -0.368 e. The maximum atomic E-state index is 2.75. The number of likely N-dealkylation sites (tertiary alicyclic amines) is 1. The molecule has 1 atom stereocenters. The van der Waals surface area contributed by atoms with Gasteiger partial charge in [-0.25, -0.2) is 0 Å². The van der Waals surface area contributed by atoms with Gasteiger partial charge in [0.05, 0.1) is 25.7 Å². The van der Waals surface area contributed by atoms with Crippen molar-refractivity contribution in [3.8, 4) is 0 Å². The van der Waals surface area contributed by atoms with Crippen molar-refractivity contribution in [3.63, 3.8) is 0 Å². The number of benzene rings is 2. The first kappa shape index (κ1) is 21.4. The number of fused-ring (bicyclic) bond motifs is 1. The third-order valence-corrected chi connectivity index (χ3v) is 7.76. The molecular weight excluding hydrogens is 364 g/mol. The standard InChI is InChI=1S/C28H41N2/c1-3-19-30(20-4-2)21-11-10-16-28(30)17-18-29(26-14-6-5-7-15-26)27-22-24-12-8-9-13-25(24)23-27/h5-9,12-15,27-28H,3-4,10-11,16-23H2,1-2H3/q+1. The summed E-state index contributed by atoms with van der Waals surface area (Å²) in [6, 6.07) is 21.7. The zero-order chi connectivity index (χ0) is 20.8. The number of quaternary nitrogens is 1. The van der Waals surface area contributed by atoms with Crippen LogP contribution >= 0.6 is 0 Å². The highest BCUT2D eigenvalue weighted by molar-refractivity contribution is 5.49. The lowest BCUT2D eigenvalue weighted by molar-refractivity contribution is -0.956. The van der Waals surface area contributed by atoms with Gasteiger partial charge in [0.25, 0.3) is 0 Å². The van der Waals surface area contributed by atoms with Crippen molar-refractivity contribution in [1.29, 1.82) is 0 Å². The number of hydrogen-bond acceptors (Lipinski definition) is 1. The molecule has 1 unspecified atom stereocenters. The molecule has 2 aliphatic rings. The molecule has 1 saturated heterocycles. The van der Waals surface area contributed by atoms with Crippen LogP contribution in [0.25, 0.3) is 0 Å². The van der Waals surface area contributed by atoms with E-state index in [-0.39, 0.29) is 0 Å². The van der Waals surface area contributed by atoms with Gasteiger partial charge in [-0.3, -0.25) is 0 Å². The van der Waals surface area contributed by atoms with Crippen LogP contribution in [0.15, 0.2) is 54.6 Å². The fourth-order valence-corrected chi connectivity index (χ4v) is 6.46. The summed E-state index contributed by atoms with van der Waals surface area (Å²) >= 11 is 0. The maximum Gasteiger partial charge on any atom is 0.0907 e. The minimum absolute atomic E-state index is 0.604. The van der Waals surface area contributed by atoms with Gasteiger partial charge in [-0.15, -0.1) is 0 Å². The molecule has 0 spiro atoms. The summed E-state index contributed by atoms with van der Waals surface area (Å²) in [7, 11) is 0. The molecule has 1 heterocycles. The van der Waals surface area contributed by atoms with E-state index in [1.54, 1.807) is 11.1 Å². The number of piperidine rings is 1. The SMILES string of the molecule is CCC[N+]1(CCC)CCCCC1CCN(c1ccccc1)C1Cc2ccccc2C1. The molecule has 0 amide bonds. The van der Waals surface area contributed by atoms with E-state index in [0.29, 0.717) is 6.04 Å². The van der Waals surface area contributed by atoms with E-state index in [9.17, 15) is 0 Å². The van der Waals surface area contributed by atoms with Crippen LogP contribution in [-0.2, 0) is 12.8 Å². The van der Waals surface area contributed by atoms with Gasteiger partial charge in [0.2, 0.25) is 0 Å². The molecule has 2 nitrogen and oxygen atoms in total. The Morgan fingerprint density at radius 3 is 2.10 bits per heavy atom. The van der Waals surface area contributed by atoms with Crippen molar-refractivity contribution in [2.24, 2.45) is 0 Å². The van der Waals surface area contributed by atoms with Crippen molar-refractivity contribution in [1.82, 2.24) is 0 Å². The van der Waals surface area contributed by atoms with Gasteiger partial charge in [0.1, 0.15) is 0 Å². The van der Waals surface area contributed by atoms with Gasteiger partial charge in [-0.1, -0.05) is 56.3 Å². The summed E-state index contributed by atoms with van der Waals surface area (Å²) in [6.45, 7) is 10.1. The van der Waals surface area contributed by atoms with Crippen LogP contribution in [0.5, 0.6) is 0 Å². The van der Waals surface area contributed by atoms with Crippen molar-refractivity contribution in [2.75, 3.05) is 31.1 Å². The predicted octanol–water partition coefficient (Wildman–Crippen LogP) is 6.24. The molecule has 1 fully saturated rings. The highest BCUT2D eigenvalue weighted by atomic mass is 15.4. The largest absolute Gasteiger partial charge is 0.368 e. The summed E-state index contributed by atoms with van der Waals surface area (Å²) in [5.41, 5.74) is 4.53. The summed E-state index contributed by atoms with van der Waals surface area (Å²) < 4.78 is 1.39. The minimum atomic E-state index is 0.604. The second kappa shape index (κ2) is 10.0. The Morgan fingerprint density at radius 1 is 0.833 bits per heavy atom. The van der Waals surface area contributed by atoms with Gasteiger partial charge in [0, 0.05) is 24.7 Å². The third kappa shape index (κ3) is 4.59. The first-order chi connectivity index (χ1) is 14.8. The van der Waals surface area contributed by atoms with Crippen molar-refractivity contribution < 1.29 is 4.48 Å². The Balaban J connectivity index is 1.52. The zero-order valence-corrected chi connectivity index (χ0v) is 19.2. The van der Waals surface area contributed by atoms with Crippen molar-refractivity contribution in [3.05, 3.63) is 65.7 Å². The first-order valence-electron chi connectivity index (χ1n) is 12.5. The van der Waals surface area contributed by atoms with E-state index >= 15 is 0 Å². The molecule has 4 rings (SSSR count). The fourth-order valence-electron chi connectivity index (χ4n) is 6.46. The van der Waals surface area contributed by atoms with Gasteiger partial charge in [0.15, 0.2) is 0 Å². The van der Waals surface area contributed by atoms with Gasteiger partial charge < -0.3 is 9.38 Å². The predicted molar refractivity (Wildman–Crippen MR) is 129 cm³/mol.